The summed E-state index contributed by atoms with van der Waals surface area (Å²) in [5.74, 6) is 1.75. The summed E-state index contributed by atoms with van der Waals surface area (Å²) in [6.07, 6.45) is 3.66. The van der Waals surface area contributed by atoms with E-state index in [1.807, 2.05) is 54.9 Å². The van der Waals surface area contributed by atoms with Crippen molar-refractivity contribution < 1.29 is 4.74 Å². The van der Waals surface area contributed by atoms with Gasteiger partial charge in [-0.2, -0.15) is 0 Å². The van der Waals surface area contributed by atoms with Crippen molar-refractivity contribution in [3.05, 3.63) is 107 Å². The summed E-state index contributed by atoms with van der Waals surface area (Å²) in [7, 11) is 1.68. The lowest BCUT2D eigenvalue weighted by Crippen LogP contribution is -2.29. The smallest absolute Gasteiger partial charge is 0.170 e. The summed E-state index contributed by atoms with van der Waals surface area (Å²) in [5.41, 5.74) is 5.62. The van der Waals surface area contributed by atoms with E-state index in [2.05, 4.69) is 62.9 Å². The van der Waals surface area contributed by atoms with Gasteiger partial charge in [0.05, 0.1) is 24.9 Å². The minimum atomic E-state index is -0.0652. The molecule has 0 spiro atoms. The highest BCUT2D eigenvalue weighted by Gasteiger charge is 2.41. The number of methoxy groups -OCH3 is 1. The van der Waals surface area contributed by atoms with E-state index in [0.717, 1.165) is 39.3 Å². The van der Waals surface area contributed by atoms with E-state index in [1.165, 1.54) is 5.56 Å². The summed E-state index contributed by atoms with van der Waals surface area (Å²) in [5, 5.41) is 4.27. The first-order chi connectivity index (χ1) is 16.6. The van der Waals surface area contributed by atoms with Gasteiger partial charge in [0.15, 0.2) is 5.11 Å². The van der Waals surface area contributed by atoms with Crippen LogP contribution in [0.25, 0.3) is 5.82 Å². The fourth-order valence-corrected chi connectivity index (χ4v) is 5.07. The number of nitrogens with one attached hydrogen (secondary N) is 1. The third-order valence-corrected chi connectivity index (χ3v) is 6.73. The highest BCUT2D eigenvalue weighted by Crippen LogP contribution is 2.42. The topological polar surface area (TPSA) is 55.2 Å². The van der Waals surface area contributed by atoms with Gasteiger partial charge in [0.1, 0.15) is 11.6 Å². The van der Waals surface area contributed by atoms with Crippen LogP contribution in [0.2, 0.25) is 0 Å². The van der Waals surface area contributed by atoms with Crippen LogP contribution in [0, 0.1) is 13.8 Å². The lowest BCUT2D eigenvalue weighted by atomic mass is 9.96. The Morgan fingerprint density at radius 2 is 1.71 bits per heavy atom. The average Bonchev–Trinajstić information content (AvgIpc) is 3.35. The van der Waals surface area contributed by atoms with Crippen molar-refractivity contribution in [2.75, 3.05) is 7.11 Å². The number of hydrogen-bond acceptors (Lipinski definition) is 4. The van der Waals surface area contributed by atoms with E-state index in [9.17, 15) is 0 Å². The first-order valence-corrected chi connectivity index (χ1v) is 11.7. The number of ether oxygens (including phenoxy) is 1. The second kappa shape index (κ2) is 9.27. The SMILES string of the molecule is COc1ccc(CN2C(=S)N[C@@H](c3ccccn3)[C@H]2c2cc(C)n(-c3ccccn3)c2C)cc1. The first-order valence-electron chi connectivity index (χ1n) is 11.3. The van der Waals surface area contributed by atoms with Crippen LogP contribution < -0.4 is 10.1 Å². The molecule has 0 unspecified atom stereocenters. The molecule has 1 aromatic carbocycles. The Hall–Kier alpha value is -3.71. The van der Waals surface area contributed by atoms with Gasteiger partial charge in [-0.25, -0.2) is 4.98 Å². The second-order valence-corrected chi connectivity index (χ2v) is 8.84. The van der Waals surface area contributed by atoms with E-state index < -0.39 is 0 Å². The fraction of sp³-hybridized carbons (Fsp3) is 0.222. The van der Waals surface area contributed by atoms with Gasteiger partial charge in [-0.1, -0.05) is 24.3 Å². The van der Waals surface area contributed by atoms with Crippen molar-refractivity contribution in [3.8, 4) is 11.6 Å². The molecule has 0 bridgehead atoms. The number of aryl methyl sites for hydroxylation is 1. The van der Waals surface area contributed by atoms with Crippen molar-refractivity contribution in [1.82, 2.24) is 24.8 Å². The number of benzene rings is 1. The molecule has 1 aliphatic heterocycles. The molecular weight excluding hydrogens is 442 g/mol. The van der Waals surface area contributed by atoms with Crippen LogP contribution in [0.15, 0.2) is 79.1 Å². The Kier molecular flexibility index (Phi) is 6.02. The second-order valence-electron chi connectivity index (χ2n) is 8.45. The first kappa shape index (κ1) is 22.1. The summed E-state index contributed by atoms with van der Waals surface area (Å²) in [4.78, 5) is 11.5. The molecule has 0 saturated carbocycles. The maximum Gasteiger partial charge on any atom is 0.170 e. The largest absolute Gasteiger partial charge is 0.497 e. The van der Waals surface area contributed by atoms with Gasteiger partial charge >= 0.3 is 0 Å². The van der Waals surface area contributed by atoms with Crippen molar-refractivity contribution in [3.63, 3.8) is 0 Å². The lowest BCUT2D eigenvalue weighted by Gasteiger charge is -2.28. The highest BCUT2D eigenvalue weighted by molar-refractivity contribution is 7.80. The molecule has 1 aliphatic rings. The van der Waals surface area contributed by atoms with E-state index in [-0.39, 0.29) is 12.1 Å². The molecule has 5 rings (SSSR count). The number of hydrogen-bond donors (Lipinski definition) is 1. The van der Waals surface area contributed by atoms with Crippen LogP contribution in [-0.4, -0.2) is 31.7 Å². The maximum atomic E-state index is 5.86. The van der Waals surface area contributed by atoms with Crippen molar-refractivity contribution in [2.24, 2.45) is 0 Å². The number of nitrogens with zero attached hydrogens (tertiary/aromatic N) is 4. The zero-order valence-corrected chi connectivity index (χ0v) is 20.3. The molecule has 7 heteroatoms. The van der Waals surface area contributed by atoms with Gasteiger partial charge in [0.2, 0.25) is 0 Å². The van der Waals surface area contributed by atoms with Crippen LogP contribution in [0.4, 0.5) is 0 Å². The quantitative estimate of drug-likeness (QED) is 0.398. The predicted octanol–water partition coefficient (Wildman–Crippen LogP) is 5.07. The van der Waals surface area contributed by atoms with Gasteiger partial charge < -0.3 is 19.5 Å². The Labute approximate surface area is 205 Å². The number of aromatic nitrogens is 3. The van der Waals surface area contributed by atoms with Gasteiger partial charge in [0, 0.05) is 30.3 Å². The number of thiocarbonyl (C=S) groups is 1. The van der Waals surface area contributed by atoms with Crippen LogP contribution in [-0.2, 0) is 6.54 Å². The minimum Gasteiger partial charge on any atom is -0.497 e. The highest BCUT2D eigenvalue weighted by atomic mass is 32.1. The van der Waals surface area contributed by atoms with Gasteiger partial charge in [-0.15, -0.1) is 0 Å². The Morgan fingerprint density at radius 1 is 0.971 bits per heavy atom. The minimum absolute atomic E-state index is 0.0202. The number of rotatable bonds is 6. The van der Waals surface area contributed by atoms with Gasteiger partial charge in [-0.3, -0.25) is 4.98 Å². The molecule has 0 aliphatic carbocycles. The third-order valence-electron chi connectivity index (χ3n) is 6.38. The average molecular weight is 470 g/mol. The Morgan fingerprint density at radius 3 is 2.35 bits per heavy atom. The normalized spacial score (nSPS) is 17.6. The summed E-state index contributed by atoms with van der Waals surface area (Å²) in [6.45, 7) is 4.95. The molecule has 3 aromatic heterocycles. The van der Waals surface area contributed by atoms with Gasteiger partial charge in [0.25, 0.3) is 0 Å². The molecule has 1 N–H and O–H groups in total. The van der Waals surface area contributed by atoms with E-state index in [0.29, 0.717) is 6.54 Å². The molecule has 1 fully saturated rings. The molecule has 172 valence electrons. The summed E-state index contributed by atoms with van der Waals surface area (Å²) in [6, 6.07) is 22.3. The molecule has 6 nitrogen and oxygen atoms in total. The molecule has 34 heavy (non-hydrogen) atoms. The zero-order valence-electron chi connectivity index (χ0n) is 19.5. The molecule has 1 saturated heterocycles. The Balaban J connectivity index is 1.59. The molecule has 0 radical (unpaired) electrons. The lowest BCUT2D eigenvalue weighted by molar-refractivity contribution is 0.310. The standard InChI is InChI=1S/C27H27N5OS/c1-18-16-22(19(2)32(18)24-9-5-7-15-29-24)26-25(23-8-4-6-14-28-23)30-27(34)31(26)17-20-10-12-21(33-3)13-11-20/h4-16,25-26H,17H2,1-3H3,(H,30,34)/t25-,26+/m0/s1. The molecule has 4 aromatic rings. The van der Waals surface area contributed by atoms with E-state index in [1.54, 1.807) is 7.11 Å². The van der Waals surface area contributed by atoms with Crippen molar-refractivity contribution in [2.45, 2.75) is 32.5 Å². The van der Waals surface area contributed by atoms with E-state index in [4.69, 9.17) is 17.0 Å². The van der Waals surface area contributed by atoms with Crippen molar-refractivity contribution in [1.29, 1.82) is 0 Å². The predicted molar refractivity (Wildman–Crippen MR) is 137 cm³/mol. The van der Waals surface area contributed by atoms with Crippen LogP contribution >= 0.6 is 12.2 Å². The zero-order chi connectivity index (χ0) is 23.7. The molecule has 0 amide bonds. The number of pyridine rings is 2. The Bertz CT molecular complexity index is 1290. The fourth-order valence-electron chi connectivity index (χ4n) is 4.77. The van der Waals surface area contributed by atoms with Crippen LogP contribution in [0.5, 0.6) is 5.75 Å². The summed E-state index contributed by atoms with van der Waals surface area (Å²) >= 11 is 5.86. The third kappa shape index (κ3) is 4.03. The monoisotopic (exact) mass is 469 g/mol. The van der Waals surface area contributed by atoms with Crippen LogP contribution in [0.3, 0.4) is 0 Å². The van der Waals surface area contributed by atoms with E-state index >= 15 is 0 Å². The van der Waals surface area contributed by atoms with Crippen molar-refractivity contribution >= 4 is 17.3 Å². The molecular formula is C27H27N5OS. The maximum absolute atomic E-state index is 5.86. The van der Waals surface area contributed by atoms with Gasteiger partial charge in [-0.05, 0) is 79.7 Å². The molecule has 4 heterocycles. The summed E-state index contributed by atoms with van der Waals surface area (Å²) < 4.78 is 7.54. The molecule has 2 atom stereocenters. The van der Waals surface area contributed by atoms with Crippen LogP contribution in [0.1, 0.15) is 40.3 Å².